The van der Waals surface area contributed by atoms with Crippen molar-refractivity contribution in [2.45, 2.75) is 5.41 Å². The molecule has 3 nitrogen and oxygen atoms in total. The number of pyridine rings is 1. The number of fused-ring (bicyclic) bond motifs is 8. The normalized spacial score (nSPS) is 15.7. The zero-order valence-corrected chi connectivity index (χ0v) is 35.1. The highest BCUT2D eigenvalue weighted by Gasteiger charge is 2.48. The lowest BCUT2D eigenvalue weighted by molar-refractivity contribution is 0.486. The van der Waals surface area contributed by atoms with Crippen molar-refractivity contribution >= 4 is 65.0 Å². The van der Waals surface area contributed by atoms with Crippen molar-refractivity contribution in [3.05, 3.63) is 246 Å². The predicted octanol–water partition coefficient (Wildman–Crippen LogP) is 15.0. The van der Waals surface area contributed by atoms with Gasteiger partial charge in [0.2, 0.25) is 0 Å². The fraction of sp³-hybridized carbons (Fsp3) is 0.0517. The Morgan fingerprint density at radius 2 is 1.24 bits per heavy atom. The summed E-state index contributed by atoms with van der Waals surface area (Å²) in [5.41, 5.74) is 15.2. The van der Waals surface area contributed by atoms with Crippen LogP contribution in [0.1, 0.15) is 22.4 Å². The van der Waals surface area contributed by atoms with Gasteiger partial charge in [-0.05, 0) is 104 Å². The molecule has 0 saturated carbocycles. The standard InChI is InChI=1S/C58H41N3S/c1-60-38-44(58(43-16-4-2-5-17-43)51-22-12-10-21-50(51)56-52(58)33-32-49-48-20-11-13-23-55(48)62-57(49)56)28-35-54(60)53-34-31-47(37-59-53)61(45-18-6-3-7-19-45)46-29-26-40(27-30-46)42-25-24-39-14-8-9-15-41(39)36-42/h2-37H,38H2,1H3. The zero-order chi connectivity index (χ0) is 41.2. The number of hydrogen-bond donors (Lipinski definition) is 0. The lowest BCUT2D eigenvalue weighted by Gasteiger charge is -2.40. The first-order chi connectivity index (χ1) is 30.6. The molecule has 3 heterocycles. The van der Waals surface area contributed by atoms with Crippen LogP contribution in [0.5, 0.6) is 0 Å². The summed E-state index contributed by atoms with van der Waals surface area (Å²) >= 11 is 1.92. The molecule has 0 bridgehead atoms. The Morgan fingerprint density at radius 3 is 2.05 bits per heavy atom. The molecule has 1 aliphatic heterocycles. The third kappa shape index (κ3) is 5.68. The molecule has 1 aliphatic carbocycles. The van der Waals surface area contributed by atoms with Gasteiger partial charge in [0.05, 0.1) is 28.7 Å². The van der Waals surface area contributed by atoms with E-state index in [1.165, 1.54) is 75.5 Å². The number of aromatic nitrogens is 1. The van der Waals surface area contributed by atoms with Crippen LogP contribution >= 0.6 is 11.3 Å². The molecule has 62 heavy (non-hydrogen) atoms. The van der Waals surface area contributed by atoms with Gasteiger partial charge >= 0.3 is 0 Å². The van der Waals surface area contributed by atoms with Gasteiger partial charge in [0.25, 0.3) is 0 Å². The second-order valence-electron chi connectivity index (χ2n) is 16.4. The summed E-state index contributed by atoms with van der Waals surface area (Å²) in [5, 5.41) is 5.16. The van der Waals surface area contributed by atoms with Gasteiger partial charge in [-0.1, -0.05) is 158 Å². The fourth-order valence-electron chi connectivity index (χ4n) is 10.2. The van der Waals surface area contributed by atoms with Crippen molar-refractivity contribution in [3.8, 4) is 22.3 Å². The van der Waals surface area contributed by atoms with Crippen LogP contribution in [0.15, 0.2) is 224 Å². The van der Waals surface area contributed by atoms with Crippen LogP contribution < -0.4 is 4.90 Å². The van der Waals surface area contributed by atoms with Crippen LogP contribution in [0.3, 0.4) is 0 Å². The highest BCUT2D eigenvalue weighted by atomic mass is 32.1. The maximum Gasteiger partial charge on any atom is 0.0864 e. The van der Waals surface area contributed by atoms with Gasteiger partial charge in [0.1, 0.15) is 0 Å². The number of rotatable bonds is 7. The third-order valence-electron chi connectivity index (χ3n) is 13.0. The van der Waals surface area contributed by atoms with Crippen LogP contribution in [0, 0.1) is 0 Å². The minimum atomic E-state index is -0.453. The Bertz CT molecular complexity index is 3380. The maximum atomic E-state index is 5.16. The Balaban J connectivity index is 0.930. The molecule has 0 amide bonds. The van der Waals surface area contributed by atoms with E-state index in [4.69, 9.17) is 4.98 Å². The lowest BCUT2D eigenvalue weighted by atomic mass is 9.66. The zero-order valence-electron chi connectivity index (χ0n) is 34.2. The fourth-order valence-corrected chi connectivity index (χ4v) is 11.4. The van der Waals surface area contributed by atoms with Crippen molar-refractivity contribution in [1.29, 1.82) is 0 Å². The van der Waals surface area contributed by atoms with Crippen molar-refractivity contribution in [1.82, 2.24) is 9.88 Å². The third-order valence-corrected chi connectivity index (χ3v) is 14.2. The molecular formula is C58H41N3S. The van der Waals surface area contributed by atoms with E-state index in [1.807, 2.05) is 17.5 Å². The number of hydrogen-bond acceptors (Lipinski definition) is 4. The van der Waals surface area contributed by atoms with Crippen LogP contribution in [0.25, 0.3) is 58.9 Å². The largest absolute Gasteiger partial charge is 0.369 e. The summed E-state index contributed by atoms with van der Waals surface area (Å²) in [6.45, 7) is 0.752. The monoisotopic (exact) mass is 811 g/mol. The van der Waals surface area contributed by atoms with E-state index in [2.05, 4.69) is 229 Å². The summed E-state index contributed by atoms with van der Waals surface area (Å²) < 4.78 is 2.69. The van der Waals surface area contributed by atoms with E-state index in [9.17, 15) is 0 Å². The number of allylic oxidation sites excluding steroid dienone is 2. The van der Waals surface area contributed by atoms with Gasteiger partial charge in [-0.25, -0.2) is 0 Å². The van der Waals surface area contributed by atoms with Crippen molar-refractivity contribution in [2.24, 2.45) is 0 Å². The molecule has 8 aromatic carbocycles. The van der Waals surface area contributed by atoms with Gasteiger partial charge in [0, 0.05) is 50.7 Å². The van der Waals surface area contributed by atoms with Crippen LogP contribution in [0.4, 0.5) is 17.1 Å². The smallest absolute Gasteiger partial charge is 0.0864 e. The molecule has 0 saturated heterocycles. The number of likely N-dealkylation sites (N-methyl/N-ethyl adjacent to an activating group) is 1. The van der Waals surface area contributed by atoms with Gasteiger partial charge in [0.15, 0.2) is 0 Å². The Hall–Kier alpha value is -7.53. The first-order valence-corrected chi connectivity index (χ1v) is 22.1. The van der Waals surface area contributed by atoms with E-state index in [0.717, 1.165) is 35.0 Å². The Kier molecular flexibility index (Phi) is 8.55. The average Bonchev–Trinajstić information content (AvgIpc) is 3.87. The first kappa shape index (κ1) is 36.3. The first-order valence-electron chi connectivity index (χ1n) is 21.3. The molecule has 4 heteroatoms. The molecule has 0 N–H and O–H groups in total. The summed E-state index contributed by atoms with van der Waals surface area (Å²) in [6, 6.07) is 72.9. The molecule has 2 aromatic heterocycles. The Labute approximate surface area is 365 Å². The topological polar surface area (TPSA) is 19.4 Å². The van der Waals surface area contributed by atoms with Crippen molar-refractivity contribution < 1.29 is 0 Å². The molecule has 1 unspecified atom stereocenters. The minimum absolute atomic E-state index is 0.453. The Morgan fingerprint density at radius 1 is 0.548 bits per heavy atom. The SMILES string of the molecule is CN1CC(C2(c3ccccc3)c3ccccc3-c3c2ccc2c3sc3ccccc32)=CC=C1c1ccc(N(c2ccccc2)c2ccc(-c3ccc4ccccc4c3)cc2)cn1. The number of benzene rings is 8. The van der Waals surface area contributed by atoms with E-state index >= 15 is 0 Å². The van der Waals surface area contributed by atoms with E-state index in [1.54, 1.807) is 0 Å². The molecule has 0 radical (unpaired) electrons. The number of para-hydroxylation sites is 1. The van der Waals surface area contributed by atoms with Crippen molar-refractivity contribution in [2.75, 3.05) is 18.5 Å². The minimum Gasteiger partial charge on any atom is -0.369 e. The summed E-state index contributed by atoms with van der Waals surface area (Å²) in [5.74, 6) is 0. The van der Waals surface area contributed by atoms with Crippen LogP contribution in [-0.2, 0) is 5.41 Å². The van der Waals surface area contributed by atoms with Crippen LogP contribution in [-0.4, -0.2) is 23.5 Å². The second kappa shape index (κ2) is 14.6. The maximum absolute atomic E-state index is 5.16. The lowest BCUT2D eigenvalue weighted by Crippen LogP contribution is -2.36. The van der Waals surface area contributed by atoms with E-state index in [0.29, 0.717) is 0 Å². The van der Waals surface area contributed by atoms with Gasteiger partial charge < -0.3 is 9.80 Å². The van der Waals surface area contributed by atoms with E-state index < -0.39 is 5.41 Å². The molecular weight excluding hydrogens is 771 g/mol. The average molecular weight is 812 g/mol. The molecule has 0 spiro atoms. The summed E-state index contributed by atoms with van der Waals surface area (Å²) in [7, 11) is 2.21. The molecule has 0 fully saturated rings. The number of thiophene rings is 1. The highest BCUT2D eigenvalue weighted by Crippen LogP contribution is 2.60. The van der Waals surface area contributed by atoms with Crippen molar-refractivity contribution in [3.63, 3.8) is 0 Å². The number of nitrogens with zero attached hydrogens (tertiary/aromatic N) is 3. The van der Waals surface area contributed by atoms with Gasteiger partial charge in [-0.3, -0.25) is 4.98 Å². The van der Waals surface area contributed by atoms with Gasteiger partial charge in [-0.15, -0.1) is 11.3 Å². The molecule has 10 aromatic rings. The van der Waals surface area contributed by atoms with Gasteiger partial charge in [-0.2, -0.15) is 0 Å². The van der Waals surface area contributed by atoms with E-state index in [-0.39, 0.29) is 0 Å². The summed E-state index contributed by atoms with van der Waals surface area (Å²) in [4.78, 5) is 9.82. The molecule has 294 valence electrons. The number of anilines is 3. The predicted molar refractivity (Wildman–Crippen MR) is 262 cm³/mol. The quantitative estimate of drug-likeness (QED) is 0.160. The molecule has 1 atom stereocenters. The summed E-state index contributed by atoms with van der Waals surface area (Å²) in [6.07, 6.45) is 6.68. The second-order valence-corrected chi connectivity index (χ2v) is 17.5. The molecule has 12 rings (SSSR count). The van der Waals surface area contributed by atoms with Crippen LogP contribution in [0.2, 0.25) is 0 Å². The highest BCUT2D eigenvalue weighted by molar-refractivity contribution is 7.26. The molecule has 2 aliphatic rings.